The zero-order valence-electron chi connectivity index (χ0n) is 12.3. The zero-order valence-corrected chi connectivity index (χ0v) is 12.3. The first-order valence-electron chi connectivity index (χ1n) is 6.78. The summed E-state index contributed by atoms with van der Waals surface area (Å²) >= 11 is 0. The number of amides is 3. The number of rotatable bonds is 7. The van der Waals surface area contributed by atoms with Crippen LogP contribution in [0.2, 0.25) is 0 Å². The van der Waals surface area contributed by atoms with Crippen molar-refractivity contribution >= 4 is 17.7 Å². The molecule has 0 aliphatic carbocycles. The normalized spacial score (nSPS) is 12.5. The highest BCUT2D eigenvalue weighted by atomic mass is 16.2. The van der Waals surface area contributed by atoms with Gasteiger partial charge in [0.25, 0.3) is 0 Å². The van der Waals surface area contributed by atoms with Crippen LogP contribution < -0.4 is 16.4 Å². The van der Waals surface area contributed by atoms with Crippen LogP contribution >= 0.6 is 0 Å². The predicted molar refractivity (Wildman–Crippen MR) is 82.3 cm³/mol. The highest BCUT2D eigenvalue weighted by Gasteiger charge is 2.24. The average molecular weight is 301 g/mol. The molecule has 0 spiro atoms. The molecule has 0 aromatic heterocycles. The molecule has 0 heterocycles. The third-order valence-electron chi connectivity index (χ3n) is 2.96. The van der Waals surface area contributed by atoms with Gasteiger partial charge in [0, 0.05) is 19.8 Å². The first kappa shape index (κ1) is 17.2. The molecule has 0 radical (unpaired) electrons. The molecule has 0 fully saturated rings. The summed E-state index contributed by atoms with van der Waals surface area (Å²) in [4.78, 5) is 34.8. The first-order chi connectivity index (χ1) is 10.4. The molecule has 3 amide bonds. The maximum absolute atomic E-state index is 12.3. The Balaban J connectivity index is 2.82. The monoisotopic (exact) mass is 301 g/mol. The Morgan fingerprint density at radius 1 is 1.18 bits per heavy atom. The van der Waals surface area contributed by atoms with Gasteiger partial charge < -0.3 is 16.4 Å². The van der Waals surface area contributed by atoms with E-state index in [2.05, 4.69) is 16.6 Å². The molecule has 6 nitrogen and oxygen atoms in total. The molecule has 1 aromatic carbocycles. The number of terminal acetylenes is 1. The van der Waals surface area contributed by atoms with Gasteiger partial charge >= 0.3 is 0 Å². The lowest BCUT2D eigenvalue weighted by molar-refractivity contribution is -0.130. The van der Waals surface area contributed by atoms with Gasteiger partial charge in [0.05, 0.1) is 0 Å². The largest absolute Gasteiger partial charge is 0.368 e. The molecule has 22 heavy (non-hydrogen) atoms. The fourth-order valence-corrected chi connectivity index (χ4v) is 1.92. The number of primary amides is 1. The smallest absolute Gasteiger partial charge is 0.243 e. The molecule has 116 valence electrons. The third kappa shape index (κ3) is 5.67. The molecule has 0 aliphatic heterocycles. The number of hydrogen-bond acceptors (Lipinski definition) is 3. The van der Waals surface area contributed by atoms with Crippen molar-refractivity contribution in [2.75, 3.05) is 0 Å². The van der Waals surface area contributed by atoms with E-state index in [9.17, 15) is 14.4 Å². The van der Waals surface area contributed by atoms with Gasteiger partial charge in [0.15, 0.2) is 0 Å². The zero-order chi connectivity index (χ0) is 16.5. The lowest BCUT2D eigenvalue weighted by Gasteiger charge is -2.20. The summed E-state index contributed by atoms with van der Waals surface area (Å²) in [5.41, 5.74) is 6.07. The van der Waals surface area contributed by atoms with Crippen molar-refractivity contribution in [2.24, 2.45) is 5.73 Å². The second-order valence-corrected chi connectivity index (χ2v) is 4.81. The minimum atomic E-state index is -0.954. The molecule has 0 saturated heterocycles. The molecule has 1 aromatic rings. The van der Waals surface area contributed by atoms with E-state index >= 15 is 0 Å². The van der Waals surface area contributed by atoms with Gasteiger partial charge in [0.1, 0.15) is 12.1 Å². The minimum Gasteiger partial charge on any atom is -0.368 e. The SMILES string of the molecule is C#CC[C@H](NC(=O)[C@@H](Cc1ccccc1)NC(C)=O)C(N)=O. The Bertz CT molecular complexity index is 578. The summed E-state index contributed by atoms with van der Waals surface area (Å²) < 4.78 is 0. The van der Waals surface area contributed by atoms with Gasteiger partial charge in [-0.15, -0.1) is 12.3 Å². The van der Waals surface area contributed by atoms with Crippen molar-refractivity contribution in [3.05, 3.63) is 35.9 Å². The fraction of sp³-hybridized carbons (Fsp3) is 0.312. The molecule has 0 unspecified atom stereocenters. The summed E-state index contributed by atoms with van der Waals surface area (Å²) in [6.07, 6.45) is 5.44. The van der Waals surface area contributed by atoms with Crippen molar-refractivity contribution in [3.8, 4) is 12.3 Å². The summed E-state index contributed by atoms with van der Waals surface area (Å²) in [6, 6.07) is 7.45. The van der Waals surface area contributed by atoms with E-state index in [1.165, 1.54) is 6.92 Å². The number of hydrogen-bond donors (Lipinski definition) is 3. The van der Waals surface area contributed by atoms with E-state index in [0.717, 1.165) is 5.56 Å². The highest BCUT2D eigenvalue weighted by Crippen LogP contribution is 2.04. The van der Waals surface area contributed by atoms with E-state index in [1.807, 2.05) is 30.3 Å². The van der Waals surface area contributed by atoms with Gasteiger partial charge in [-0.25, -0.2) is 0 Å². The molecular weight excluding hydrogens is 282 g/mol. The first-order valence-corrected chi connectivity index (χ1v) is 6.78. The number of carbonyl (C=O) groups excluding carboxylic acids is 3. The van der Waals surface area contributed by atoms with E-state index in [-0.39, 0.29) is 12.3 Å². The van der Waals surface area contributed by atoms with Crippen LogP contribution in [0, 0.1) is 12.3 Å². The maximum atomic E-state index is 12.3. The molecule has 0 aliphatic rings. The van der Waals surface area contributed by atoms with Gasteiger partial charge in [-0.3, -0.25) is 14.4 Å². The van der Waals surface area contributed by atoms with Crippen LogP contribution in [0.15, 0.2) is 30.3 Å². The molecular formula is C16H19N3O3. The van der Waals surface area contributed by atoms with Gasteiger partial charge in [-0.05, 0) is 5.56 Å². The standard InChI is InChI=1S/C16H19N3O3/c1-3-7-13(15(17)21)19-16(22)14(18-11(2)20)10-12-8-5-4-6-9-12/h1,4-6,8-9,13-14H,7,10H2,2H3,(H2,17,21)(H,18,20)(H,19,22)/t13-,14+/m0/s1. The van der Waals surface area contributed by atoms with Crippen LogP contribution in [-0.4, -0.2) is 29.8 Å². The minimum absolute atomic E-state index is 0.000792. The van der Waals surface area contributed by atoms with Crippen LogP contribution in [0.5, 0.6) is 0 Å². The topological polar surface area (TPSA) is 101 Å². The molecule has 6 heteroatoms. The Hall–Kier alpha value is -2.81. The Labute approximate surface area is 129 Å². The second-order valence-electron chi connectivity index (χ2n) is 4.81. The Morgan fingerprint density at radius 2 is 1.82 bits per heavy atom. The van der Waals surface area contributed by atoms with E-state index in [4.69, 9.17) is 12.2 Å². The van der Waals surface area contributed by atoms with Crippen LogP contribution in [0.25, 0.3) is 0 Å². The molecule has 0 bridgehead atoms. The summed E-state index contributed by atoms with van der Waals surface area (Å²) in [7, 11) is 0. The van der Waals surface area contributed by atoms with Gasteiger partial charge in [0.2, 0.25) is 17.7 Å². The number of nitrogens with one attached hydrogen (secondary N) is 2. The van der Waals surface area contributed by atoms with Gasteiger partial charge in [-0.2, -0.15) is 0 Å². The molecule has 4 N–H and O–H groups in total. The molecule has 2 atom stereocenters. The lowest BCUT2D eigenvalue weighted by atomic mass is 10.0. The quantitative estimate of drug-likeness (QED) is 0.604. The summed E-state index contributed by atoms with van der Waals surface area (Å²) in [5, 5.41) is 5.03. The number of carbonyl (C=O) groups is 3. The second kappa shape index (κ2) is 8.47. The predicted octanol–water partition coefficient (Wildman–Crippen LogP) is -0.273. The van der Waals surface area contributed by atoms with Crippen molar-refractivity contribution < 1.29 is 14.4 Å². The van der Waals surface area contributed by atoms with E-state index in [0.29, 0.717) is 6.42 Å². The van der Waals surface area contributed by atoms with Crippen molar-refractivity contribution in [3.63, 3.8) is 0 Å². The van der Waals surface area contributed by atoms with Crippen molar-refractivity contribution in [1.29, 1.82) is 0 Å². The summed E-state index contributed by atoms with van der Waals surface area (Å²) in [5.74, 6) is 0.720. The van der Waals surface area contributed by atoms with Gasteiger partial charge in [-0.1, -0.05) is 30.3 Å². The van der Waals surface area contributed by atoms with Crippen LogP contribution in [0.1, 0.15) is 18.9 Å². The van der Waals surface area contributed by atoms with Crippen LogP contribution in [0.4, 0.5) is 0 Å². The average Bonchev–Trinajstić information content (AvgIpc) is 2.46. The summed E-state index contributed by atoms with van der Waals surface area (Å²) in [6.45, 7) is 1.32. The van der Waals surface area contributed by atoms with Crippen molar-refractivity contribution in [2.45, 2.75) is 31.8 Å². The number of nitrogens with two attached hydrogens (primary N) is 1. The van der Waals surface area contributed by atoms with E-state index < -0.39 is 23.9 Å². The van der Waals surface area contributed by atoms with Crippen LogP contribution in [-0.2, 0) is 20.8 Å². The lowest BCUT2D eigenvalue weighted by Crippen LogP contribution is -2.53. The van der Waals surface area contributed by atoms with Crippen molar-refractivity contribution in [1.82, 2.24) is 10.6 Å². The molecule has 0 saturated carbocycles. The Morgan fingerprint density at radius 3 is 2.32 bits per heavy atom. The Kier molecular flexibility index (Phi) is 6.64. The maximum Gasteiger partial charge on any atom is 0.243 e. The number of benzene rings is 1. The third-order valence-corrected chi connectivity index (χ3v) is 2.96. The highest BCUT2D eigenvalue weighted by molar-refractivity contribution is 5.91. The van der Waals surface area contributed by atoms with E-state index in [1.54, 1.807) is 0 Å². The molecule has 1 rings (SSSR count). The van der Waals surface area contributed by atoms with Crippen LogP contribution in [0.3, 0.4) is 0 Å². The fourth-order valence-electron chi connectivity index (χ4n) is 1.92.